The Hall–Kier alpha value is -1.45. The molecule has 0 amide bonds. The number of hydrogen-bond donors (Lipinski definition) is 2. The van der Waals surface area contributed by atoms with Crippen molar-refractivity contribution in [2.24, 2.45) is 14.1 Å². The van der Waals surface area contributed by atoms with E-state index in [1.807, 2.05) is 0 Å². The van der Waals surface area contributed by atoms with E-state index < -0.39 is 38.3 Å². The van der Waals surface area contributed by atoms with Crippen molar-refractivity contribution in [2.45, 2.75) is 37.3 Å². The van der Waals surface area contributed by atoms with Gasteiger partial charge in [0.1, 0.15) is 0 Å². The highest BCUT2D eigenvalue weighted by Gasteiger charge is 2.23. The Bertz CT molecular complexity index is 702. The highest BCUT2D eigenvalue weighted by atomic mass is 32.2. The minimum Gasteiger partial charge on any atom is -0.393 e. The molecule has 114 valence electrons. The first-order valence-electron chi connectivity index (χ1n) is 6.03. The molecule has 20 heavy (non-hydrogen) atoms. The number of aliphatic hydroxyl groups is 1. The maximum absolute atomic E-state index is 12.1. The summed E-state index contributed by atoms with van der Waals surface area (Å²) in [6, 6.07) is -0.540. The van der Waals surface area contributed by atoms with Crippen LogP contribution in [0.3, 0.4) is 0 Å². The van der Waals surface area contributed by atoms with Crippen LogP contribution in [0.2, 0.25) is 0 Å². The summed E-state index contributed by atoms with van der Waals surface area (Å²) in [6.07, 6.45) is 0.531. The van der Waals surface area contributed by atoms with Crippen LogP contribution in [0.1, 0.15) is 20.3 Å². The molecule has 0 aliphatic carbocycles. The van der Waals surface area contributed by atoms with E-state index in [1.165, 1.54) is 21.0 Å². The summed E-state index contributed by atoms with van der Waals surface area (Å²) in [4.78, 5) is 22.9. The van der Waals surface area contributed by atoms with E-state index in [1.54, 1.807) is 6.92 Å². The monoisotopic (exact) mass is 305 g/mol. The molecule has 2 unspecified atom stereocenters. The van der Waals surface area contributed by atoms with Crippen molar-refractivity contribution < 1.29 is 13.5 Å². The van der Waals surface area contributed by atoms with Gasteiger partial charge in [0.25, 0.3) is 5.56 Å². The summed E-state index contributed by atoms with van der Waals surface area (Å²) in [5, 5.41) is 9.22. The first-order valence-corrected chi connectivity index (χ1v) is 7.51. The topological polar surface area (TPSA) is 110 Å². The average Bonchev–Trinajstić information content (AvgIpc) is 2.29. The minimum absolute atomic E-state index is 0.214. The summed E-state index contributed by atoms with van der Waals surface area (Å²) in [5.41, 5.74) is -1.49. The lowest BCUT2D eigenvalue weighted by molar-refractivity contribution is 0.175. The van der Waals surface area contributed by atoms with Crippen molar-refractivity contribution in [2.75, 3.05) is 0 Å². The van der Waals surface area contributed by atoms with Crippen molar-refractivity contribution >= 4 is 10.0 Å². The molecule has 1 aromatic heterocycles. The molecule has 0 aliphatic rings. The Balaban J connectivity index is 3.24. The average molecular weight is 305 g/mol. The van der Waals surface area contributed by atoms with Crippen molar-refractivity contribution in [1.82, 2.24) is 13.9 Å². The Labute approximate surface area is 116 Å². The molecular weight excluding hydrogens is 286 g/mol. The van der Waals surface area contributed by atoms with Gasteiger partial charge in [0.15, 0.2) is 4.90 Å². The van der Waals surface area contributed by atoms with Crippen LogP contribution in [-0.2, 0) is 24.1 Å². The van der Waals surface area contributed by atoms with Crippen LogP contribution in [0, 0.1) is 0 Å². The van der Waals surface area contributed by atoms with E-state index in [-0.39, 0.29) is 6.42 Å². The van der Waals surface area contributed by atoms with Gasteiger partial charge in [-0.1, -0.05) is 0 Å². The Morgan fingerprint density at radius 1 is 1.30 bits per heavy atom. The molecule has 0 spiro atoms. The largest absolute Gasteiger partial charge is 0.393 e. The number of aromatic nitrogens is 2. The summed E-state index contributed by atoms with van der Waals surface area (Å²) >= 11 is 0. The van der Waals surface area contributed by atoms with Crippen LogP contribution in [0.15, 0.2) is 20.7 Å². The second-order valence-corrected chi connectivity index (χ2v) is 6.54. The van der Waals surface area contributed by atoms with Crippen LogP contribution in [0.4, 0.5) is 0 Å². The summed E-state index contributed by atoms with van der Waals surface area (Å²) < 4.78 is 28.3. The predicted molar refractivity (Wildman–Crippen MR) is 73.0 cm³/mol. The summed E-state index contributed by atoms with van der Waals surface area (Å²) in [6.45, 7) is 3.12. The number of rotatable bonds is 5. The fourth-order valence-electron chi connectivity index (χ4n) is 1.85. The predicted octanol–water partition coefficient (Wildman–Crippen LogP) is -1.48. The van der Waals surface area contributed by atoms with Gasteiger partial charge in [-0.3, -0.25) is 9.36 Å². The van der Waals surface area contributed by atoms with Crippen molar-refractivity contribution in [3.05, 3.63) is 27.0 Å². The number of nitrogens with zero attached hydrogens (tertiary/aromatic N) is 2. The Morgan fingerprint density at radius 3 is 2.35 bits per heavy atom. The molecule has 0 fully saturated rings. The van der Waals surface area contributed by atoms with Gasteiger partial charge in [-0.2, -0.15) is 0 Å². The smallest absolute Gasteiger partial charge is 0.330 e. The lowest BCUT2D eigenvalue weighted by Gasteiger charge is -2.16. The number of aryl methyl sites for hydroxylation is 1. The van der Waals surface area contributed by atoms with E-state index in [2.05, 4.69) is 4.72 Å². The standard InChI is InChI=1S/C11H19N3O5S/c1-7(5-8(2)15)12-20(18,19)9-6-13(3)11(17)14(4)10(9)16/h6-8,12,15H,5H2,1-4H3. The molecule has 1 heterocycles. The number of hydrogen-bond acceptors (Lipinski definition) is 5. The van der Waals surface area contributed by atoms with E-state index in [0.29, 0.717) is 0 Å². The minimum atomic E-state index is -4.05. The van der Waals surface area contributed by atoms with Gasteiger partial charge < -0.3 is 9.67 Å². The van der Waals surface area contributed by atoms with Gasteiger partial charge in [0, 0.05) is 26.3 Å². The highest BCUT2D eigenvalue weighted by Crippen LogP contribution is 2.04. The maximum atomic E-state index is 12.1. The van der Waals surface area contributed by atoms with Crippen LogP contribution < -0.4 is 16.0 Å². The second kappa shape index (κ2) is 5.90. The van der Waals surface area contributed by atoms with Crippen LogP contribution in [0.25, 0.3) is 0 Å². The third-order valence-electron chi connectivity index (χ3n) is 2.76. The lowest BCUT2D eigenvalue weighted by atomic mass is 10.2. The Kier molecular flexibility index (Phi) is 4.90. The van der Waals surface area contributed by atoms with E-state index in [0.717, 1.165) is 15.3 Å². The zero-order chi connectivity index (χ0) is 15.7. The third kappa shape index (κ3) is 3.56. The van der Waals surface area contributed by atoms with Gasteiger partial charge in [0.05, 0.1) is 6.10 Å². The highest BCUT2D eigenvalue weighted by molar-refractivity contribution is 7.89. The van der Waals surface area contributed by atoms with Gasteiger partial charge >= 0.3 is 5.69 Å². The van der Waals surface area contributed by atoms with Gasteiger partial charge in [-0.15, -0.1) is 0 Å². The van der Waals surface area contributed by atoms with Crippen LogP contribution in [-0.4, -0.2) is 34.8 Å². The zero-order valence-electron chi connectivity index (χ0n) is 11.8. The van der Waals surface area contributed by atoms with E-state index in [9.17, 15) is 23.1 Å². The molecule has 1 rings (SSSR count). The molecule has 0 saturated heterocycles. The first kappa shape index (κ1) is 16.6. The summed E-state index contributed by atoms with van der Waals surface area (Å²) in [5.74, 6) is 0. The first-order chi connectivity index (χ1) is 9.06. The van der Waals surface area contributed by atoms with Gasteiger partial charge in [0.2, 0.25) is 10.0 Å². The van der Waals surface area contributed by atoms with Gasteiger partial charge in [-0.05, 0) is 20.3 Å². The zero-order valence-corrected chi connectivity index (χ0v) is 12.6. The molecule has 0 bridgehead atoms. The molecule has 9 heteroatoms. The molecule has 8 nitrogen and oxygen atoms in total. The number of nitrogens with one attached hydrogen (secondary N) is 1. The maximum Gasteiger partial charge on any atom is 0.330 e. The molecule has 1 aromatic rings. The molecule has 2 N–H and O–H groups in total. The lowest BCUT2D eigenvalue weighted by Crippen LogP contribution is -2.43. The molecule has 0 radical (unpaired) electrons. The molecule has 0 aliphatic heterocycles. The number of sulfonamides is 1. The molecule has 0 saturated carbocycles. The van der Waals surface area contributed by atoms with Crippen LogP contribution in [0.5, 0.6) is 0 Å². The van der Waals surface area contributed by atoms with E-state index >= 15 is 0 Å². The molecule has 0 aromatic carbocycles. The fraction of sp³-hybridized carbons (Fsp3) is 0.636. The number of aliphatic hydroxyl groups excluding tert-OH is 1. The van der Waals surface area contributed by atoms with E-state index in [4.69, 9.17) is 0 Å². The summed E-state index contributed by atoms with van der Waals surface area (Å²) in [7, 11) is -1.48. The van der Waals surface area contributed by atoms with Crippen molar-refractivity contribution in [3.63, 3.8) is 0 Å². The van der Waals surface area contributed by atoms with Crippen molar-refractivity contribution in [3.8, 4) is 0 Å². The SMILES string of the molecule is CC(O)CC(C)NS(=O)(=O)c1cn(C)c(=O)n(C)c1=O. The fourth-order valence-corrected chi connectivity index (χ4v) is 3.26. The molecular formula is C11H19N3O5S. The van der Waals surface area contributed by atoms with Crippen molar-refractivity contribution in [1.29, 1.82) is 0 Å². The third-order valence-corrected chi connectivity index (χ3v) is 4.33. The quantitative estimate of drug-likeness (QED) is 0.689. The second-order valence-electron chi connectivity index (χ2n) is 4.86. The molecule has 2 atom stereocenters. The normalized spacial score (nSPS) is 15.1. The van der Waals surface area contributed by atoms with Gasteiger partial charge in [-0.25, -0.2) is 17.9 Å². The van der Waals surface area contributed by atoms with Crippen LogP contribution >= 0.6 is 0 Å². The Morgan fingerprint density at radius 2 is 1.85 bits per heavy atom.